The molecule has 0 unspecified atom stereocenters. The highest BCUT2D eigenvalue weighted by Crippen LogP contribution is 2.15. The molecule has 0 rings (SSSR count). The fourth-order valence-electron chi connectivity index (χ4n) is 1.45. The van der Waals surface area contributed by atoms with Crippen LogP contribution in [-0.2, 0) is 9.59 Å². The van der Waals surface area contributed by atoms with Gasteiger partial charge in [0, 0.05) is 19.5 Å². The monoisotopic (exact) mass is 230 g/mol. The van der Waals surface area contributed by atoms with Gasteiger partial charge >= 0.3 is 5.97 Å². The fraction of sp³-hybridized carbons (Fsp3) is 0.818. The first-order chi connectivity index (χ1) is 7.23. The average Bonchev–Trinajstić information content (AvgIpc) is 2.15. The quantitative estimate of drug-likeness (QED) is 0.728. The summed E-state index contributed by atoms with van der Waals surface area (Å²) in [6.07, 6.45) is 0.345. The van der Waals surface area contributed by atoms with Gasteiger partial charge in [-0.25, -0.2) is 4.79 Å². The Kier molecular flexibility index (Phi) is 5.44. The molecule has 0 atom stereocenters. The normalized spacial score (nSPS) is 11.6. The topological polar surface area (TPSA) is 60.9 Å². The Morgan fingerprint density at radius 2 is 1.75 bits per heavy atom. The van der Waals surface area contributed by atoms with Crippen molar-refractivity contribution in [2.24, 2.45) is 0 Å². The first-order valence-corrected chi connectivity index (χ1v) is 5.42. The molecule has 0 heterocycles. The second kappa shape index (κ2) is 5.84. The van der Waals surface area contributed by atoms with Gasteiger partial charge in [-0.15, -0.1) is 0 Å². The highest BCUT2D eigenvalue weighted by molar-refractivity contribution is 5.86. The maximum Gasteiger partial charge on any atom is 0.329 e. The van der Waals surface area contributed by atoms with Gasteiger partial charge in [0.15, 0.2) is 0 Å². The molecule has 16 heavy (non-hydrogen) atoms. The van der Waals surface area contributed by atoms with Gasteiger partial charge in [0.25, 0.3) is 0 Å². The number of carboxylic acid groups (broad SMARTS) is 1. The van der Waals surface area contributed by atoms with Crippen molar-refractivity contribution in [2.45, 2.75) is 32.7 Å². The number of hydrogen-bond acceptors (Lipinski definition) is 3. The Balaban J connectivity index is 4.61. The molecule has 0 aromatic heterocycles. The second-order valence-corrected chi connectivity index (χ2v) is 4.56. The van der Waals surface area contributed by atoms with Gasteiger partial charge in [-0.1, -0.05) is 0 Å². The van der Waals surface area contributed by atoms with Crippen molar-refractivity contribution in [1.29, 1.82) is 0 Å². The zero-order chi connectivity index (χ0) is 12.9. The van der Waals surface area contributed by atoms with Crippen LogP contribution in [0.1, 0.15) is 27.2 Å². The van der Waals surface area contributed by atoms with Gasteiger partial charge in [-0.2, -0.15) is 0 Å². The summed E-state index contributed by atoms with van der Waals surface area (Å²) in [5.41, 5.74) is -1.14. The minimum atomic E-state index is -1.14. The molecule has 0 aliphatic rings. The second-order valence-electron chi connectivity index (χ2n) is 4.56. The number of carbonyl (C=O) groups excluding carboxylic acids is 1. The van der Waals surface area contributed by atoms with E-state index in [4.69, 9.17) is 5.11 Å². The molecule has 1 amide bonds. The third kappa shape index (κ3) is 3.81. The molecule has 0 aliphatic carbocycles. The summed E-state index contributed by atoms with van der Waals surface area (Å²) in [4.78, 5) is 26.2. The Morgan fingerprint density at radius 3 is 2.06 bits per heavy atom. The Bertz CT molecular complexity index is 262. The van der Waals surface area contributed by atoms with Crippen molar-refractivity contribution in [1.82, 2.24) is 9.80 Å². The molecule has 0 bridgehead atoms. The number of likely N-dealkylation sites (N-methyl/N-ethyl adjacent to an activating group) is 1. The Morgan fingerprint density at radius 1 is 1.25 bits per heavy atom. The number of rotatable bonds is 6. The molecule has 0 radical (unpaired) electrons. The molecule has 0 fully saturated rings. The predicted molar refractivity (Wildman–Crippen MR) is 62.3 cm³/mol. The first kappa shape index (κ1) is 14.9. The van der Waals surface area contributed by atoms with E-state index in [0.29, 0.717) is 19.5 Å². The van der Waals surface area contributed by atoms with Crippen LogP contribution in [0.4, 0.5) is 0 Å². The zero-order valence-corrected chi connectivity index (χ0v) is 10.8. The first-order valence-electron chi connectivity index (χ1n) is 5.42. The van der Waals surface area contributed by atoms with E-state index >= 15 is 0 Å². The van der Waals surface area contributed by atoms with Crippen molar-refractivity contribution >= 4 is 11.9 Å². The van der Waals surface area contributed by atoms with Crippen LogP contribution in [-0.4, -0.2) is 59.5 Å². The van der Waals surface area contributed by atoms with E-state index in [9.17, 15) is 9.59 Å². The van der Waals surface area contributed by atoms with Crippen molar-refractivity contribution < 1.29 is 14.7 Å². The SMILES string of the molecule is CCN(C(=O)CCN(C)C)C(C)(C)C(=O)O. The van der Waals surface area contributed by atoms with Crippen LogP contribution in [0, 0.1) is 0 Å². The van der Waals surface area contributed by atoms with E-state index in [1.165, 1.54) is 4.90 Å². The molecular weight excluding hydrogens is 208 g/mol. The number of hydrogen-bond donors (Lipinski definition) is 1. The number of amides is 1. The molecule has 94 valence electrons. The van der Waals surface area contributed by atoms with Gasteiger partial charge in [-0.05, 0) is 34.9 Å². The Hall–Kier alpha value is -1.10. The molecule has 0 saturated carbocycles. The lowest BCUT2D eigenvalue weighted by Gasteiger charge is -2.34. The van der Waals surface area contributed by atoms with Gasteiger partial charge in [-0.3, -0.25) is 4.79 Å². The predicted octanol–water partition coefficient (Wildman–Crippen LogP) is 0.650. The molecular formula is C11H22N2O3. The summed E-state index contributed by atoms with van der Waals surface area (Å²) in [6, 6.07) is 0. The molecule has 0 saturated heterocycles. The maximum atomic E-state index is 11.9. The lowest BCUT2D eigenvalue weighted by Crippen LogP contribution is -2.53. The van der Waals surface area contributed by atoms with Crippen LogP contribution in [0.25, 0.3) is 0 Å². The lowest BCUT2D eigenvalue weighted by molar-refractivity contribution is -0.156. The van der Waals surface area contributed by atoms with Gasteiger partial charge in [0.1, 0.15) is 5.54 Å². The summed E-state index contributed by atoms with van der Waals surface area (Å²) in [5, 5.41) is 9.06. The highest BCUT2D eigenvalue weighted by Gasteiger charge is 2.36. The molecule has 5 nitrogen and oxygen atoms in total. The molecule has 0 aromatic carbocycles. The molecule has 0 aromatic rings. The van der Waals surface area contributed by atoms with Crippen molar-refractivity contribution in [3.8, 4) is 0 Å². The molecule has 5 heteroatoms. The van der Waals surface area contributed by atoms with Crippen LogP contribution >= 0.6 is 0 Å². The summed E-state index contributed by atoms with van der Waals surface area (Å²) in [6.45, 7) is 5.92. The summed E-state index contributed by atoms with van der Waals surface area (Å²) < 4.78 is 0. The van der Waals surface area contributed by atoms with Crippen LogP contribution < -0.4 is 0 Å². The van der Waals surface area contributed by atoms with Crippen molar-refractivity contribution in [2.75, 3.05) is 27.2 Å². The fourth-order valence-corrected chi connectivity index (χ4v) is 1.45. The Labute approximate surface area is 97.0 Å². The van der Waals surface area contributed by atoms with Gasteiger partial charge in [0.2, 0.25) is 5.91 Å². The van der Waals surface area contributed by atoms with Crippen LogP contribution in [0.2, 0.25) is 0 Å². The third-order valence-corrected chi connectivity index (χ3v) is 2.59. The summed E-state index contributed by atoms with van der Waals surface area (Å²) in [7, 11) is 3.76. The summed E-state index contributed by atoms with van der Waals surface area (Å²) >= 11 is 0. The van der Waals surface area contributed by atoms with E-state index in [1.54, 1.807) is 20.8 Å². The highest BCUT2D eigenvalue weighted by atomic mass is 16.4. The third-order valence-electron chi connectivity index (χ3n) is 2.59. The van der Waals surface area contributed by atoms with E-state index in [-0.39, 0.29) is 5.91 Å². The number of carboxylic acids is 1. The zero-order valence-electron chi connectivity index (χ0n) is 10.8. The summed E-state index contributed by atoms with van der Waals surface area (Å²) in [5.74, 6) is -1.10. The van der Waals surface area contributed by atoms with Crippen molar-refractivity contribution in [3.63, 3.8) is 0 Å². The number of nitrogens with zero attached hydrogens (tertiary/aromatic N) is 2. The number of carbonyl (C=O) groups is 2. The molecule has 0 spiro atoms. The largest absolute Gasteiger partial charge is 0.480 e. The van der Waals surface area contributed by atoms with Crippen LogP contribution in [0.5, 0.6) is 0 Å². The standard InChI is InChI=1S/C11H22N2O3/c1-6-13(11(2,3)10(15)16)9(14)7-8-12(4)5/h6-8H2,1-5H3,(H,15,16). The van der Waals surface area contributed by atoms with E-state index in [2.05, 4.69) is 0 Å². The van der Waals surface area contributed by atoms with E-state index in [1.807, 2.05) is 19.0 Å². The van der Waals surface area contributed by atoms with Crippen LogP contribution in [0.15, 0.2) is 0 Å². The average molecular weight is 230 g/mol. The smallest absolute Gasteiger partial charge is 0.329 e. The van der Waals surface area contributed by atoms with Crippen LogP contribution in [0.3, 0.4) is 0 Å². The number of aliphatic carboxylic acids is 1. The molecule has 1 N–H and O–H groups in total. The van der Waals surface area contributed by atoms with Gasteiger partial charge < -0.3 is 14.9 Å². The molecule has 0 aliphatic heterocycles. The van der Waals surface area contributed by atoms with E-state index < -0.39 is 11.5 Å². The van der Waals surface area contributed by atoms with Crippen molar-refractivity contribution in [3.05, 3.63) is 0 Å². The van der Waals surface area contributed by atoms with E-state index in [0.717, 1.165) is 0 Å². The maximum absolute atomic E-state index is 11.9. The minimum Gasteiger partial charge on any atom is -0.480 e. The minimum absolute atomic E-state index is 0.122. The lowest BCUT2D eigenvalue weighted by atomic mass is 10.0. The van der Waals surface area contributed by atoms with Gasteiger partial charge in [0.05, 0.1) is 0 Å².